The van der Waals surface area contributed by atoms with E-state index in [0.29, 0.717) is 16.7 Å². The molecular formula is C19H11FN4O. The van der Waals surface area contributed by atoms with Gasteiger partial charge in [0.1, 0.15) is 34.9 Å². The predicted octanol–water partition coefficient (Wildman–Crippen LogP) is 3.17. The molecule has 3 rings (SSSR count). The fraction of sp³-hybridized carbons (Fsp3) is 0. The molecule has 1 heterocycles. The molecule has 0 atom stereocenters. The van der Waals surface area contributed by atoms with Crippen molar-refractivity contribution in [3.8, 4) is 34.4 Å². The van der Waals surface area contributed by atoms with Crippen LogP contribution in [0.4, 0.5) is 10.2 Å². The van der Waals surface area contributed by atoms with E-state index in [9.17, 15) is 19.7 Å². The average Bonchev–Trinajstić information content (AvgIpc) is 2.62. The summed E-state index contributed by atoms with van der Waals surface area (Å²) in [6.45, 7) is 0. The monoisotopic (exact) mass is 330 g/mol. The Morgan fingerprint density at radius 1 is 0.880 bits per heavy atom. The molecule has 6 heteroatoms. The van der Waals surface area contributed by atoms with E-state index < -0.39 is 11.4 Å². The van der Waals surface area contributed by atoms with E-state index in [1.807, 2.05) is 12.1 Å². The number of rotatable bonds is 2. The van der Waals surface area contributed by atoms with Crippen LogP contribution in [0, 0.1) is 28.5 Å². The van der Waals surface area contributed by atoms with Crippen molar-refractivity contribution < 1.29 is 4.39 Å². The first-order valence-electron chi connectivity index (χ1n) is 7.28. The first kappa shape index (κ1) is 16.0. The fourth-order valence-electron chi connectivity index (χ4n) is 2.73. The Bertz CT molecular complexity index is 1120. The van der Waals surface area contributed by atoms with Crippen LogP contribution >= 0.6 is 0 Å². The van der Waals surface area contributed by atoms with Gasteiger partial charge in [0.05, 0.1) is 0 Å². The van der Waals surface area contributed by atoms with Crippen LogP contribution in [-0.2, 0) is 0 Å². The molecule has 0 bridgehead atoms. The molecule has 0 amide bonds. The number of benzene rings is 2. The molecule has 0 saturated carbocycles. The number of hydrogen-bond donors (Lipinski definition) is 2. The highest BCUT2D eigenvalue weighted by Gasteiger charge is 2.21. The maximum atomic E-state index is 14.3. The van der Waals surface area contributed by atoms with Crippen LogP contribution in [0.3, 0.4) is 0 Å². The summed E-state index contributed by atoms with van der Waals surface area (Å²) in [5.74, 6) is -0.588. The highest BCUT2D eigenvalue weighted by Crippen LogP contribution is 2.36. The van der Waals surface area contributed by atoms with Gasteiger partial charge < -0.3 is 10.7 Å². The van der Waals surface area contributed by atoms with Crippen molar-refractivity contribution in [2.45, 2.75) is 0 Å². The first-order valence-corrected chi connectivity index (χ1v) is 7.28. The molecule has 0 saturated heterocycles. The smallest absolute Gasteiger partial charge is 0.268 e. The van der Waals surface area contributed by atoms with Crippen molar-refractivity contribution in [2.24, 2.45) is 0 Å². The standard InChI is InChI=1S/C19H11FN4O/c20-16-8-4-3-6-12(16)11-5-1-2-7-13(11)17-14(9-21)18(23)24-19(25)15(17)10-22/h1-8H,(H3,23,24,25). The van der Waals surface area contributed by atoms with Gasteiger partial charge in [0, 0.05) is 11.1 Å². The molecule has 0 aliphatic carbocycles. The molecule has 0 fully saturated rings. The normalized spacial score (nSPS) is 10.0. The third-order valence-electron chi connectivity index (χ3n) is 3.83. The second kappa shape index (κ2) is 6.31. The number of anilines is 1. The second-order valence-electron chi connectivity index (χ2n) is 5.24. The van der Waals surface area contributed by atoms with Crippen molar-refractivity contribution >= 4 is 5.82 Å². The Morgan fingerprint density at radius 2 is 1.44 bits per heavy atom. The highest BCUT2D eigenvalue weighted by molar-refractivity contribution is 5.90. The molecule has 120 valence electrons. The predicted molar refractivity (Wildman–Crippen MR) is 91.7 cm³/mol. The van der Waals surface area contributed by atoms with Crippen LogP contribution in [0.25, 0.3) is 22.3 Å². The molecule has 3 aromatic rings. The van der Waals surface area contributed by atoms with Crippen molar-refractivity contribution in [3.05, 3.63) is 75.8 Å². The van der Waals surface area contributed by atoms with E-state index in [0.717, 1.165) is 0 Å². The van der Waals surface area contributed by atoms with E-state index in [4.69, 9.17) is 5.73 Å². The van der Waals surface area contributed by atoms with Crippen LogP contribution in [0.5, 0.6) is 0 Å². The molecule has 1 aromatic heterocycles. The third kappa shape index (κ3) is 2.62. The molecule has 0 radical (unpaired) electrons. The summed E-state index contributed by atoms with van der Waals surface area (Å²) in [4.78, 5) is 14.4. The fourth-order valence-corrected chi connectivity index (χ4v) is 2.73. The van der Waals surface area contributed by atoms with E-state index in [-0.39, 0.29) is 22.5 Å². The summed E-state index contributed by atoms with van der Waals surface area (Å²) in [5.41, 5.74) is 6.03. The number of aromatic amines is 1. The Morgan fingerprint density at radius 3 is 2.04 bits per heavy atom. The minimum atomic E-state index is -0.697. The lowest BCUT2D eigenvalue weighted by atomic mass is 9.90. The number of halogens is 1. The van der Waals surface area contributed by atoms with Crippen LogP contribution in [0.1, 0.15) is 11.1 Å². The quantitative estimate of drug-likeness (QED) is 0.752. The molecule has 25 heavy (non-hydrogen) atoms. The molecule has 0 aliphatic rings. The van der Waals surface area contributed by atoms with Crippen LogP contribution in [0.2, 0.25) is 0 Å². The molecule has 3 N–H and O–H groups in total. The zero-order chi connectivity index (χ0) is 18.0. The van der Waals surface area contributed by atoms with Crippen LogP contribution in [-0.4, -0.2) is 4.98 Å². The van der Waals surface area contributed by atoms with E-state index in [2.05, 4.69) is 4.98 Å². The zero-order valence-corrected chi connectivity index (χ0v) is 12.9. The van der Waals surface area contributed by atoms with Crippen LogP contribution < -0.4 is 11.3 Å². The first-order chi connectivity index (χ1) is 12.1. The van der Waals surface area contributed by atoms with Gasteiger partial charge in [-0.3, -0.25) is 4.79 Å². The number of nitrogens with one attached hydrogen (secondary N) is 1. The molecule has 2 aromatic carbocycles. The summed E-state index contributed by atoms with van der Waals surface area (Å²) >= 11 is 0. The Hall–Kier alpha value is -3.90. The summed E-state index contributed by atoms with van der Waals surface area (Å²) in [5, 5.41) is 18.8. The summed E-state index contributed by atoms with van der Waals surface area (Å²) < 4.78 is 14.3. The number of nitriles is 2. The number of H-pyrrole nitrogens is 1. The lowest BCUT2D eigenvalue weighted by molar-refractivity contribution is 0.631. The third-order valence-corrected chi connectivity index (χ3v) is 3.83. The van der Waals surface area contributed by atoms with Gasteiger partial charge in [0.15, 0.2) is 0 Å². The topological polar surface area (TPSA) is 106 Å². The van der Waals surface area contributed by atoms with E-state index in [1.54, 1.807) is 42.5 Å². The Kier molecular flexibility index (Phi) is 4.03. The molecular weight excluding hydrogens is 319 g/mol. The van der Waals surface area contributed by atoms with Gasteiger partial charge in [-0.25, -0.2) is 4.39 Å². The minimum absolute atomic E-state index is 0.0278. The lowest BCUT2D eigenvalue weighted by Crippen LogP contribution is -2.16. The zero-order valence-electron chi connectivity index (χ0n) is 12.9. The number of nitrogens with zero attached hydrogens (tertiary/aromatic N) is 2. The number of nitrogens with two attached hydrogens (primary N) is 1. The van der Waals surface area contributed by atoms with Crippen LogP contribution in [0.15, 0.2) is 53.3 Å². The molecule has 0 aliphatic heterocycles. The molecule has 0 spiro atoms. The number of nitrogen functional groups attached to an aromatic ring is 1. The van der Waals surface area contributed by atoms with Crippen molar-refractivity contribution in [3.63, 3.8) is 0 Å². The van der Waals surface area contributed by atoms with Crippen molar-refractivity contribution in [2.75, 3.05) is 5.73 Å². The average molecular weight is 330 g/mol. The summed E-state index contributed by atoms with van der Waals surface area (Å²) in [6, 6.07) is 16.5. The van der Waals surface area contributed by atoms with E-state index >= 15 is 0 Å². The van der Waals surface area contributed by atoms with Crippen molar-refractivity contribution in [1.82, 2.24) is 4.98 Å². The maximum Gasteiger partial charge on any atom is 0.268 e. The van der Waals surface area contributed by atoms with Gasteiger partial charge >= 0.3 is 0 Å². The van der Waals surface area contributed by atoms with Gasteiger partial charge in [-0.2, -0.15) is 10.5 Å². The number of pyridine rings is 1. The SMILES string of the molecule is N#Cc1c(N)[nH]c(=O)c(C#N)c1-c1ccccc1-c1ccccc1F. The largest absolute Gasteiger partial charge is 0.384 e. The van der Waals surface area contributed by atoms with Gasteiger partial charge in [-0.05, 0) is 17.2 Å². The summed E-state index contributed by atoms with van der Waals surface area (Å²) in [6.07, 6.45) is 0. The molecule has 0 unspecified atom stereocenters. The van der Waals surface area contributed by atoms with E-state index in [1.165, 1.54) is 6.07 Å². The minimum Gasteiger partial charge on any atom is -0.384 e. The summed E-state index contributed by atoms with van der Waals surface area (Å²) in [7, 11) is 0. The van der Waals surface area contributed by atoms with Gasteiger partial charge in [-0.15, -0.1) is 0 Å². The molecule has 5 nitrogen and oxygen atoms in total. The number of hydrogen-bond acceptors (Lipinski definition) is 4. The second-order valence-corrected chi connectivity index (χ2v) is 5.24. The highest BCUT2D eigenvalue weighted by atomic mass is 19.1. The maximum absolute atomic E-state index is 14.3. The number of aromatic nitrogens is 1. The Balaban J connectivity index is 2.46. The van der Waals surface area contributed by atoms with Gasteiger partial charge in [0.2, 0.25) is 0 Å². The lowest BCUT2D eigenvalue weighted by Gasteiger charge is -2.14. The van der Waals surface area contributed by atoms with Crippen molar-refractivity contribution in [1.29, 1.82) is 10.5 Å². The van der Waals surface area contributed by atoms with Gasteiger partial charge in [0.25, 0.3) is 5.56 Å². The Labute approximate surface area is 142 Å². The van der Waals surface area contributed by atoms with Gasteiger partial charge in [-0.1, -0.05) is 42.5 Å².